The number of hydrogen-bond donors (Lipinski definition) is 8. The predicted molar refractivity (Wildman–Crippen MR) is 153 cm³/mol. The van der Waals surface area contributed by atoms with Crippen LogP contribution in [0.5, 0.6) is 0 Å². The minimum atomic E-state index is -1.19. The zero-order valence-corrected chi connectivity index (χ0v) is 24.1. The molecule has 0 spiro atoms. The second kappa shape index (κ2) is 15.0. The van der Waals surface area contributed by atoms with Crippen molar-refractivity contribution in [3.05, 3.63) is 72.9 Å². The molecule has 4 aromatic heterocycles. The number of rotatable bonds is 16. The molecule has 0 aliphatic rings. The average molecular weight is 607 g/mol. The summed E-state index contributed by atoms with van der Waals surface area (Å²) in [4.78, 5) is 92.5. The highest BCUT2D eigenvalue weighted by Crippen LogP contribution is 2.07. The first-order valence-electron chi connectivity index (χ1n) is 13.8. The van der Waals surface area contributed by atoms with E-state index >= 15 is 0 Å². The molecule has 4 rings (SSSR count). The second-order valence-corrected chi connectivity index (χ2v) is 10.1. The van der Waals surface area contributed by atoms with Crippen LogP contribution in [0.25, 0.3) is 0 Å². The van der Waals surface area contributed by atoms with E-state index in [9.17, 15) is 24.0 Å². The van der Waals surface area contributed by atoms with E-state index in [1.807, 2.05) is 0 Å². The van der Waals surface area contributed by atoms with Crippen LogP contribution in [0.2, 0.25) is 0 Å². The first kappa shape index (κ1) is 31.3. The van der Waals surface area contributed by atoms with Crippen molar-refractivity contribution in [2.75, 3.05) is 0 Å². The van der Waals surface area contributed by atoms with Crippen LogP contribution in [-0.4, -0.2) is 93.5 Å². The maximum Gasteiger partial charge on any atom is 0.243 e. The number of carbonyl (C=O) groups is 5. The Kier molecular flexibility index (Phi) is 10.7. The lowest BCUT2D eigenvalue weighted by atomic mass is 10.0. The molecule has 0 saturated carbocycles. The number of nitrogens with zero attached hydrogens (tertiary/aromatic N) is 4. The molecule has 4 aromatic rings. The van der Waals surface area contributed by atoms with Gasteiger partial charge in [-0.1, -0.05) is 0 Å². The number of hydrogen-bond acceptors (Lipinski definition) is 9. The molecular weight excluding hydrogens is 572 g/mol. The van der Waals surface area contributed by atoms with Gasteiger partial charge in [0.1, 0.15) is 18.1 Å². The van der Waals surface area contributed by atoms with E-state index in [-0.39, 0.29) is 31.5 Å². The van der Waals surface area contributed by atoms with Crippen molar-refractivity contribution in [1.29, 1.82) is 0 Å². The van der Waals surface area contributed by atoms with Gasteiger partial charge in [0, 0.05) is 68.8 Å². The molecule has 17 heteroatoms. The summed E-state index contributed by atoms with van der Waals surface area (Å²) >= 11 is 0. The molecule has 0 aromatic carbocycles. The molecule has 4 amide bonds. The fourth-order valence-corrected chi connectivity index (χ4v) is 4.44. The Morgan fingerprint density at radius 3 is 1.43 bits per heavy atom. The third kappa shape index (κ3) is 9.20. The Balaban J connectivity index is 1.53. The quantitative estimate of drug-likeness (QED) is 0.0730. The van der Waals surface area contributed by atoms with Crippen LogP contribution in [0.3, 0.4) is 0 Å². The smallest absolute Gasteiger partial charge is 0.243 e. The molecule has 4 atom stereocenters. The zero-order valence-electron chi connectivity index (χ0n) is 24.1. The monoisotopic (exact) mass is 606 g/mol. The molecule has 0 aliphatic carbocycles. The van der Waals surface area contributed by atoms with Gasteiger partial charge < -0.3 is 41.2 Å². The topological polar surface area (TPSA) is 248 Å². The first-order valence-corrected chi connectivity index (χ1v) is 13.8. The predicted octanol–water partition coefficient (Wildman–Crippen LogP) is -1.60. The van der Waals surface area contributed by atoms with Crippen molar-refractivity contribution < 1.29 is 24.0 Å². The summed E-state index contributed by atoms with van der Waals surface area (Å²) < 4.78 is 0. The van der Waals surface area contributed by atoms with Gasteiger partial charge in [-0.3, -0.25) is 24.0 Å². The first-order chi connectivity index (χ1) is 21.2. The number of ketones is 1. The lowest BCUT2D eigenvalue weighted by molar-refractivity contribution is -0.134. The maximum absolute atomic E-state index is 13.7. The fourth-order valence-electron chi connectivity index (χ4n) is 4.44. The Labute approximate surface area is 251 Å². The summed E-state index contributed by atoms with van der Waals surface area (Å²) in [6, 6.07) is -4.26. The van der Waals surface area contributed by atoms with E-state index in [2.05, 4.69) is 61.1 Å². The van der Waals surface area contributed by atoms with Crippen LogP contribution in [-0.2, 0) is 49.7 Å². The van der Waals surface area contributed by atoms with Gasteiger partial charge >= 0.3 is 0 Å². The number of nitrogens with one attached hydrogen (secondary N) is 8. The molecule has 17 nitrogen and oxygen atoms in total. The van der Waals surface area contributed by atoms with Gasteiger partial charge in [0.2, 0.25) is 23.6 Å². The molecule has 44 heavy (non-hydrogen) atoms. The summed E-state index contributed by atoms with van der Waals surface area (Å²) in [7, 11) is 0. The average Bonchev–Trinajstić information content (AvgIpc) is 3.80. The molecule has 8 N–H and O–H groups in total. The molecule has 232 valence electrons. The van der Waals surface area contributed by atoms with Gasteiger partial charge in [-0.25, -0.2) is 19.9 Å². The summed E-state index contributed by atoms with van der Waals surface area (Å²) in [5.74, 6) is -2.67. The summed E-state index contributed by atoms with van der Waals surface area (Å²) in [5, 5.41) is 10.7. The summed E-state index contributed by atoms with van der Waals surface area (Å²) in [5.41, 5.74) is 2.19. The third-order valence-corrected chi connectivity index (χ3v) is 6.66. The van der Waals surface area contributed by atoms with Crippen molar-refractivity contribution >= 4 is 29.4 Å². The number of aromatic amines is 4. The van der Waals surface area contributed by atoms with Crippen LogP contribution in [0.4, 0.5) is 0 Å². The highest BCUT2D eigenvalue weighted by atomic mass is 16.2. The van der Waals surface area contributed by atoms with E-state index < -0.39 is 47.8 Å². The molecule has 0 saturated heterocycles. The highest BCUT2D eigenvalue weighted by Gasteiger charge is 2.32. The summed E-state index contributed by atoms with van der Waals surface area (Å²) in [6.45, 7) is 2.63. The van der Waals surface area contributed by atoms with Gasteiger partial charge in [0.15, 0.2) is 5.78 Å². The SMILES string of the molecule is CC(=O)NC(Cc1cnc[nH]1)C(=O)NC(Cc1c[nH]cn1)C(=O)NC(Cc1cnc[nH]1)C(=O)NC(Cc1c[nH]cn1)C(C)=O. The normalized spacial score (nSPS) is 13.7. The Morgan fingerprint density at radius 1 is 0.614 bits per heavy atom. The molecule has 4 heterocycles. The molecule has 0 aliphatic heterocycles. The van der Waals surface area contributed by atoms with E-state index in [4.69, 9.17) is 0 Å². The lowest BCUT2D eigenvalue weighted by Crippen LogP contribution is -2.59. The maximum atomic E-state index is 13.7. The third-order valence-electron chi connectivity index (χ3n) is 6.66. The van der Waals surface area contributed by atoms with Crippen molar-refractivity contribution in [3.8, 4) is 0 Å². The van der Waals surface area contributed by atoms with Gasteiger partial charge in [0.05, 0.1) is 42.7 Å². The van der Waals surface area contributed by atoms with Crippen molar-refractivity contribution in [3.63, 3.8) is 0 Å². The van der Waals surface area contributed by atoms with Gasteiger partial charge in [-0.15, -0.1) is 0 Å². The standard InChI is InChI=1S/C27H34N12O5/c1-15(40)21(3-17-7-28-11-32-17)37-26(43)23(5-19-9-30-13-34-19)39-27(44)24(6-20-10-31-14-35-20)38-25(42)22(36-16(2)41)4-18-8-29-12-33-18/h7-14,21-24H,3-6H2,1-2H3,(H,28,32)(H,29,33)(H,30,34)(H,31,35)(H,36,41)(H,37,43)(H,38,42)(H,39,44). The summed E-state index contributed by atoms with van der Waals surface area (Å²) in [6.07, 6.45) is 12.2. The zero-order chi connectivity index (χ0) is 31.5. The van der Waals surface area contributed by atoms with Crippen molar-refractivity contribution in [2.24, 2.45) is 0 Å². The van der Waals surface area contributed by atoms with E-state index in [0.29, 0.717) is 22.8 Å². The van der Waals surface area contributed by atoms with Crippen LogP contribution in [0, 0.1) is 0 Å². The van der Waals surface area contributed by atoms with E-state index in [0.717, 1.165) is 0 Å². The Bertz CT molecular complexity index is 1500. The molecule has 0 bridgehead atoms. The number of H-pyrrole nitrogens is 4. The minimum Gasteiger partial charge on any atom is -0.351 e. The minimum absolute atomic E-state index is 0.0159. The second-order valence-electron chi connectivity index (χ2n) is 10.1. The van der Waals surface area contributed by atoms with Crippen LogP contribution in [0.1, 0.15) is 36.6 Å². The molecule has 0 fully saturated rings. The molecular formula is C27H34N12O5. The van der Waals surface area contributed by atoms with Crippen molar-refractivity contribution in [2.45, 2.75) is 63.7 Å². The number of carbonyl (C=O) groups excluding carboxylic acids is 5. The van der Waals surface area contributed by atoms with Crippen LogP contribution in [0.15, 0.2) is 50.1 Å². The van der Waals surface area contributed by atoms with Gasteiger partial charge in [0.25, 0.3) is 0 Å². The van der Waals surface area contributed by atoms with Crippen molar-refractivity contribution in [1.82, 2.24) is 61.1 Å². The van der Waals surface area contributed by atoms with Gasteiger partial charge in [-0.2, -0.15) is 0 Å². The number of Topliss-reactive ketones (excluding diaryl/α,β-unsaturated/α-hetero) is 1. The van der Waals surface area contributed by atoms with E-state index in [1.54, 1.807) is 12.4 Å². The molecule has 4 unspecified atom stereocenters. The van der Waals surface area contributed by atoms with Crippen LogP contribution >= 0.6 is 0 Å². The number of imidazole rings is 4. The van der Waals surface area contributed by atoms with E-state index in [1.165, 1.54) is 51.6 Å². The fraction of sp³-hybridized carbons (Fsp3) is 0.370. The number of aromatic nitrogens is 8. The number of amides is 4. The largest absolute Gasteiger partial charge is 0.351 e. The molecule has 0 radical (unpaired) electrons. The Hall–Kier alpha value is -5.61. The van der Waals surface area contributed by atoms with Crippen LogP contribution < -0.4 is 21.3 Å². The Morgan fingerprint density at radius 2 is 1.05 bits per heavy atom. The van der Waals surface area contributed by atoms with Gasteiger partial charge in [-0.05, 0) is 6.92 Å². The highest BCUT2D eigenvalue weighted by molar-refractivity contribution is 5.95. The lowest BCUT2D eigenvalue weighted by Gasteiger charge is -2.25.